The van der Waals surface area contributed by atoms with Gasteiger partial charge in [-0.2, -0.15) is 0 Å². The number of H-pyrrole nitrogens is 1. The van der Waals surface area contributed by atoms with Crippen molar-refractivity contribution in [2.45, 2.75) is 6.92 Å². The number of aromatic hydroxyl groups is 1. The monoisotopic (exact) mass is 235 g/mol. The third-order valence-corrected chi connectivity index (χ3v) is 2.26. The first-order chi connectivity index (χ1) is 7.68. The summed E-state index contributed by atoms with van der Waals surface area (Å²) in [5.41, 5.74) is 0.720. The van der Waals surface area contributed by atoms with Crippen LogP contribution in [0.1, 0.15) is 5.69 Å². The number of aryl methyl sites for hydroxylation is 1. The van der Waals surface area contributed by atoms with Gasteiger partial charge in [0.15, 0.2) is 10.4 Å². The lowest BCUT2D eigenvalue weighted by atomic mass is 10.3. The maximum atomic E-state index is 9.61. The Morgan fingerprint density at radius 1 is 1.44 bits per heavy atom. The Kier molecular flexibility index (Phi) is 2.82. The minimum absolute atomic E-state index is 0.0929. The van der Waals surface area contributed by atoms with E-state index in [1.165, 1.54) is 6.33 Å². The van der Waals surface area contributed by atoms with Gasteiger partial charge < -0.3 is 14.8 Å². The number of aromatic nitrogens is 3. The van der Waals surface area contributed by atoms with Crippen molar-refractivity contribution in [2.24, 2.45) is 0 Å². The summed E-state index contributed by atoms with van der Waals surface area (Å²) in [5.74, 6) is 0.534. The molecule has 2 aromatic heterocycles. The predicted octanol–water partition coefficient (Wildman–Crippen LogP) is 2.34. The van der Waals surface area contributed by atoms with Gasteiger partial charge in [-0.3, -0.25) is 4.98 Å². The summed E-state index contributed by atoms with van der Waals surface area (Å²) in [5, 5.41) is 9.61. The summed E-state index contributed by atoms with van der Waals surface area (Å²) in [4.78, 5) is 10.5. The first-order valence-electron chi connectivity index (χ1n) is 4.54. The van der Waals surface area contributed by atoms with Gasteiger partial charge in [-0.1, -0.05) is 12.2 Å². The van der Waals surface area contributed by atoms with Crippen molar-refractivity contribution in [3.8, 4) is 17.4 Å². The highest BCUT2D eigenvalue weighted by Crippen LogP contribution is 2.28. The zero-order chi connectivity index (χ0) is 11.5. The summed E-state index contributed by atoms with van der Waals surface area (Å²) < 4.78 is 5.54. The lowest BCUT2D eigenvalue weighted by Gasteiger charge is -2.08. The Morgan fingerprint density at radius 2 is 2.25 bits per heavy atom. The normalized spacial score (nSPS) is 10.1. The number of pyridine rings is 1. The van der Waals surface area contributed by atoms with Crippen molar-refractivity contribution in [3.05, 3.63) is 35.0 Å². The van der Waals surface area contributed by atoms with Crippen molar-refractivity contribution in [2.75, 3.05) is 0 Å². The van der Waals surface area contributed by atoms with Gasteiger partial charge in [-0.05, 0) is 19.1 Å². The Labute approximate surface area is 96.8 Å². The van der Waals surface area contributed by atoms with E-state index in [4.69, 9.17) is 17.0 Å². The smallest absolute Gasteiger partial charge is 0.244 e. The summed E-state index contributed by atoms with van der Waals surface area (Å²) in [6, 6.07) is 3.49. The zero-order valence-corrected chi connectivity index (χ0v) is 9.28. The van der Waals surface area contributed by atoms with Crippen LogP contribution in [0.2, 0.25) is 0 Å². The number of hydrogen-bond donors (Lipinski definition) is 2. The van der Waals surface area contributed by atoms with E-state index in [9.17, 15) is 5.11 Å². The fourth-order valence-corrected chi connectivity index (χ4v) is 1.29. The molecule has 5 nitrogen and oxygen atoms in total. The molecule has 0 spiro atoms. The molecule has 0 amide bonds. The Bertz CT molecular complexity index is 568. The lowest BCUT2D eigenvalue weighted by molar-refractivity contribution is 0.390. The van der Waals surface area contributed by atoms with Crippen molar-refractivity contribution < 1.29 is 9.84 Å². The molecule has 2 N–H and O–H groups in total. The highest BCUT2D eigenvalue weighted by atomic mass is 32.1. The number of nitrogens with one attached hydrogen (secondary N) is 1. The van der Waals surface area contributed by atoms with Gasteiger partial charge in [0.2, 0.25) is 11.6 Å². The SMILES string of the molecule is Cc1ncccc1Oc1[nH]cnc(=S)c1O. The summed E-state index contributed by atoms with van der Waals surface area (Å²) in [6.07, 6.45) is 3.03. The third-order valence-electron chi connectivity index (χ3n) is 1.97. The number of aromatic amines is 1. The van der Waals surface area contributed by atoms with Gasteiger partial charge in [-0.25, -0.2) is 4.98 Å². The second kappa shape index (κ2) is 4.28. The lowest BCUT2D eigenvalue weighted by Crippen LogP contribution is -1.93. The van der Waals surface area contributed by atoms with Crippen LogP contribution in [-0.2, 0) is 0 Å². The molecule has 0 fully saturated rings. The van der Waals surface area contributed by atoms with Gasteiger partial charge in [0.1, 0.15) is 0 Å². The Hall–Kier alpha value is -1.95. The third kappa shape index (κ3) is 2.01. The van der Waals surface area contributed by atoms with Gasteiger partial charge in [0.05, 0.1) is 12.0 Å². The number of nitrogens with zero attached hydrogens (tertiary/aromatic N) is 2. The van der Waals surface area contributed by atoms with E-state index < -0.39 is 0 Å². The molecule has 2 heterocycles. The number of ether oxygens (including phenoxy) is 1. The molecule has 0 atom stereocenters. The average Bonchev–Trinajstić information content (AvgIpc) is 2.28. The molecule has 2 rings (SSSR count). The second-order valence-corrected chi connectivity index (χ2v) is 3.46. The van der Waals surface area contributed by atoms with Crippen LogP contribution in [0.15, 0.2) is 24.7 Å². The van der Waals surface area contributed by atoms with Crippen molar-refractivity contribution in [1.29, 1.82) is 0 Å². The van der Waals surface area contributed by atoms with Crippen LogP contribution in [0.25, 0.3) is 0 Å². The second-order valence-electron chi connectivity index (χ2n) is 3.07. The first kappa shape index (κ1) is 10.6. The van der Waals surface area contributed by atoms with Crippen molar-refractivity contribution in [1.82, 2.24) is 15.0 Å². The van der Waals surface area contributed by atoms with Crippen molar-refractivity contribution in [3.63, 3.8) is 0 Å². The fraction of sp³-hybridized carbons (Fsp3) is 0.100. The van der Waals surface area contributed by atoms with Crippen LogP contribution < -0.4 is 4.74 Å². The molecule has 0 saturated heterocycles. The van der Waals surface area contributed by atoms with E-state index in [0.717, 1.165) is 5.69 Å². The Morgan fingerprint density at radius 3 is 3.00 bits per heavy atom. The van der Waals surface area contributed by atoms with Crippen molar-refractivity contribution >= 4 is 12.2 Å². The van der Waals surface area contributed by atoms with E-state index in [2.05, 4.69) is 15.0 Å². The van der Waals surface area contributed by atoms with E-state index >= 15 is 0 Å². The van der Waals surface area contributed by atoms with E-state index in [0.29, 0.717) is 5.75 Å². The molecule has 82 valence electrons. The van der Waals surface area contributed by atoms with E-state index in [-0.39, 0.29) is 16.3 Å². The topological polar surface area (TPSA) is 71.0 Å². The van der Waals surface area contributed by atoms with E-state index in [1.807, 2.05) is 6.92 Å². The zero-order valence-electron chi connectivity index (χ0n) is 8.47. The summed E-state index contributed by atoms with van der Waals surface area (Å²) >= 11 is 4.81. The molecule has 16 heavy (non-hydrogen) atoms. The van der Waals surface area contributed by atoms with E-state index in [1.54, 1.807) is 18.3 Å². The first-order valence-corrected chi connectivity index (χ1v) is 4.95. The minimum Gasteiger partial charge on any atom is -0.501 e. The highest BCUT2D eigenvalue weighted by Gasteiger charge is 2.08. The van der Waals surface area contributed by atoms with Gasteiger partial charge in [-0.15, -0.1) is 0 Å². The molecular weight excluding hydrogens is 226 g/mol. The molecule has 0 radical (unpaired) electrons. The van der Waals surface area contributed by atoms with Gasteiger partial charge in [0.25, 0.3) is 0 Å². The minimum atomic E-state index is -0.180. The van der Waals surface area contributed by atoms with Crippen LogP contribution >= 0.6 is 12.2 Å². The van der Waals surface area contributed by atoms with Crippen LogP contribution in [0.4, 0.5) is 0 Å². The summed E-state index contributed by atoms with van der Waals surface area (Å²) in [7, 11) is 0. The maximum absolute atomic E-state index is 9.61. The van der Waals surface area contributed by atoms with Gasteiger partial charge in [0, 0.05) is 6.20 Å². The van der Waals surface area contributed by atoms with Crippen LogP contribution in [0.5, 0.6) is 17.4 Å². The average molecular weight is 235 g/mol. The molecule has 0 saturated carbocycles. The van der Waals surface area contributed by atoms with Crippen LogP contribution in [0, 0.1) is 11.6 Å². The summed E-state index contributed by atoms with van der Waals surface area (Å²) in [6.45, 7) is 1.81. The quantitative estimate of drug-likeness (QED) is 0.782. The molecule has 0 bridgehead atoms. The standard InChI is InChI=1S/C10H9N3O2S/c1-6-7(3-2-4-11-6)15-9-8(14)10(16)13-5-12-9/h2-5,14H,1H3,(H,12,13,16). The molecule has 0 unspecified atom stereocenters. The van der Waals surface area contributed by atoms with Gasteiger partial charge >= 0.3 is 0 Å². The fourth-order valence-electron chi connectivity index (χ4n) is 1.14. The molecular formula is C10H9N3O2S. The molecule has 0 aromatic carbocycles. The molecule has 0 aliphatic carbocycles. The predicted molar refractivity (Wildman–Crippen MR) is 60.1 cm³/mol. The Balaban J connectivity index is 2.38. The molecule has 0 aliphatic heterocycles. The number of rotatable bonds is 2. The largest absolute Gasteiger partial charge is 0.501 e. The highest BCUT2D eigenvalue weighted by molar-refractivity contribution is 7.71. The number of hydrogen-bond acceptors (Lipinski definition) is 5. The van der Waals surface area contributed by atoms with Crippen LogP contribution in [-0.4, -0.2) is 20.1 Å². The molecule has 2 aromatic rings. The maximum Gasteiger partial charge on any atom is 0.244 e. The molecule has 6 heteroatoms. The van der Waals surface area contributed by atoms with Crippen LogP contribution in [0.3, 0.4) is 0 Å². The molecule has 0 aliphatic rings.